The van der Waals surface area contributed by atoms with E-state index in [4.69, 9.17) is 18.6 Å². The molecule has 7 nitrogen and oxygen atoms in total. The van der Waals surface area contributed by atoms with Crippen LogP contribution in [0.15, 0.2) is 71.3 Å². The van der Waals surface area contributed by atoms with Crippen LogP contribution in [0, 0.1) is 0 Å². The third-order valence-electron chi connectivity index (χ3n) is 5.11. The summed E-state index contributed by atoms with van der Waals surface area (Å²) in [5, 5.41) is 0.893. The first kappa shape index (κ1) is 21.2. The van der Waals surface area contributed by atoms with E-state index in [-0.39, 0.29) is 12.3 Å². The van der Waals surface area contributed by atoms with Crippen LogP contribution >= 0.6 is 0 Å². The summed E-state index contributed by atoms with van der Waals surface area (Å²) in [6.07, 6.45) is 1.70. The van der Waals surface area contributed by atoms with Gasteiger partial charge in [0, 0.05) is 18.1 Å². The van der Waals surface area contributed by atoms with Gasteiger partial charge in [-0.05, 0) is 42.0 Å². The summed E-state index contributed by atoms with van der Waals surface area (Å²) in [6.45, 7) is 0.493. The Kier molecular flexibility index (Phi) is 6.26. The molecule has 2 aromatic carbocycles. The molecule has 0 bridgehead atoms. The van der Waals surface area contributed by atoms with Crippen molar-refractivity contribution >= 4 is 22.6 Å². The number of Topliss-reactive ketones (excluding diaryl/α,β-unsaturated/α-hetero) is 1. The average Bonchev–Trinajstić information content (AvgIpc) is 3.28. The Hall–Kier alpha value is -4.00. The first-order valence-electron chi connectivity index (χ1n) is 10.1. The van der Waals surface area contributed by atoms with Crippen LogP contribution < -0.4 is 19.1 Å². The van der Waals surface area contributed by atoms with Crippen LogP contribution in [0.4, 0.5) is 5.82 Å². The summed E-state index contributed by atoms with van der Waals surface area (Å²) in [5.41, 5.74) is 1.56. The minimum Gasteiger partial charge on any atom is -0.493 e. The molecule has 4 aromatic rings. The van der Waals surface area contributed by atoms with Crippen molar-refractivity contribution < 1.29 is 23.4 Å². The zero-order chi connectivity index (χ0) is 22.5. The topological polar surface area (TPSA) is 74.0 Å². The van der Waals surface area contributed by atoms with Gasteiger partial charge in [-0.2, -0.15) is 0 Å². The molecule has 0 aliphatic heterocycles. The van der Waals surface area contributed by atoms with Crippen molar-refractivity contribution in [1.82, 2.24) is 4.98 Å². The Balaban J connectivity index is 1.65. The van der Waals surface area contributed by atoms with Crippen molar-refractivity contribution in [3.8, 4) is 17.2 Å². The normalized spacial score (nSPS) is 10.7. The van der Waals surface area contributed by atoms with Crippen molar-refractivity contribution in [3.05, 3.63) is 78.2 Å². The maximum absolute atomic E-state index is 13.1. The molecule has 0 spiro atoms. The van der Waals surface area contributed by atoms with Crippen molar-refractivity contribution in [2.24, 2.45) is 0 Å². The van der Waals surface area contributed by atoms with Crippen LogP contribution in [-0.2, 0) is 6.54 Å². The standard InChI is InChI=1S/C25H24N2O5/c1-29-22-12-17(13-23(30-2)25(22)31-3)15-27(24-10-6-7-11-26-24)16-19(28)21-14-18-8-4-5-9-20(18)32-21/h4-14H,15-16H2,1-3H3. The molecular formula is C25H24N2O5. The zero-order valence-corrected chi connectivity index (χ0v) is 18.2. The Morgan fingerprint density at radius 3 is 2.28 bits per heavy atom. The van der Waals surface area contributed by atoms with Crippen molar-refractivity contribution in [2.45, 2.75) is 6.54 Å². The van der Waals surface area contributed by atoms with Gasteiger partial charge >= 0.3 is 0 Å². The highest BCUT2D eigenvalue weighted by molar-refractivity contribution is 6.00. The van der Waals surface area contributed by atoms with Gasteiger partial charge < -0.3 is 23.5 Å². The van der Waals surface area contributed by atoms with Crippen molar-refractivity contribution in [1.29, 1.82) is 0 Å². The molecule has 164 valence electrons. The van der Waals surface area contributed by atoms with E-state index in [0.29, 0.717) is 41.0 Å². The van der Waals surface area contributed by atoms with E-state index in [9.17, 15) is 4.79 Å². The minimum absolute atomic E-state index is 0.0908. The number of fused-ring (bicyclic) bond motifs is 1. The minimum atomic E-state index is -0.140. The van der Waals surface area contributed by atoms with Crippen LogP contribution in [0.25, 0.3) is 11.0 Å². The lowest BCUT2D eigenvalue weighted by Gasteiger charge is -2.23. The molecule has 0 atom stereocenters. The first-order chi connectivity index (χ1) is 15.6. The number of para-hydroxylation sites is 1. The predicted molar refractivity (Wildman–Crippen MR) is 122 cm³/mol. The Labute approximate surface area is 186 Å². The number of pyridine rings is 1. The number of hydrogen-bond donors (Lipinski definition) is 0. The number of aromatic nitrogens is 1. The number of ether oxygens (including phenoxy) is 3. The van der Waals surface area contributed by atoms with Crippen LogP contribution in [0.2, 0.25) is 0 Å². The van der Waals surface area contributed by atoms with Gasteiger partial charge in [-0.1, -0.05) is 24.3 Å². The van der Waals surface area contributed by atoms with Crippen LogP contribution in [0.3, 0.4) is 0 Å². The molecular weight excluding hydrogens is 408 g/mol. The lowest BCUT2D eigenvalue weighted by atomic mass is 10.1. The number of ketones is 1. The molecule has 0 amide bonds. The number of carbonyl (C=O) groups excluding carboxylic acids is 1. The molecule has 0 saturated carbocycles. The molecule has 0 saturated heterocycles. The van der Waals surface area contributed by atoms with E-state index < -0.39 is 0 Å². The van der Waals surface area contributed by atoms with Gasteiger partial charge in [0.2, 0.25) is 11.5 Å². The average molecular weight is 432 g/mol. The van der Waals surface area contributed by atoms with E-state index in [0.717, 1.165) is 10.9 Å². The van der Waals surface area contributed by atoms with Gasteiger partial charge in [0.15, 0.2) is 17.3 Å². The van der Waals surface area contributed by atoms with E-state index in [1.54, 1.807) is 33.6 Å². The van der Waals surface area contributed by atoms with Crippen LogP contribution in [0.1, 0.15) is 16.1 Å². The highest BCUT2D eigenvalue weighted by Crippen LogP contribution is 2.38. The maximum atomic E-state index is 13.1. The Bertz CT molecular complexity index is 1160. The SMILES string of the molecule is COc1cc(CN(CC(=O)c2cc3ccccc3o2)c2ccccn2)cc(OC)c1OC. The number of benzene rings is 2. The fraction of sp³-hybridized carbons (Fsp3) is 0.200. The predicted octanol–water partition coefficient (Wildman–Crippen LogP) is 4.74. The number of hydrogen-bond acceptors (Lipinski definition) is 7. The zero-order valence-electron chi connectivity index (χ0n) is 18.2. The quantitative estimate of drug-likeness (QED) is 0.354. The second kappa shape index (κ2) is 9.43. The van der Waals surface area contributed by atoms with Gasteiger partial charge in [-0.3, -0.25) is 4.79 Å². The summed E-state index contributed by atoms with van der Waals surface area (Å²) < 4.78 is 22.1. The second-order valence-corrected chi connectivity index (χ2v) is 7.15. The van der Waals surface area contributed by atoms with Crippen molar-refractivity contribution in [3.63, 3.8) is 0 Å². The van der Waals surface area contributed by atoms with Gasteiger partial charge in [-0.15, -0.1) is 0 Å². The van der Waals surface area contributed by atoms with E-state index >= 15 is 0 Å². The molecule has 0 radical (unpaired) electrons. The van der Waals surface area contributed by atoms with Gasteiger partial charge in [0.1, 0.15) is 11.4 Å². The number of carbonyl (C=O) groups is 1. The van der Waals surface area contributed by atoms with Gasteiger partial charge in [0.25, 0.3) is 0 Å². The molecule has 0 aliphatic carbocycles. The second-order valence-electron chi connectivity index (χ2n) is 7.15. The molecule has 32 heavy (non-hydrogen) atoms. The summed E-state index contributed by atoms with van der Waals surface area (Å²) in [5.74, 6) is 2.46. The fourth-order valence-electron chi connectivity index (χ4n) is 3.58. The first-order valence-corrected chi connectivity index (χ1v) is 10.1. The largest absolute Gasteiger partial charge is 0.493 e. The molecule has 7 heteroatoms. The summed E-state index contributed by atoms with van der Waals surface area (Å²) in [6, 6.07) is 18.6. The number of methoxy groups -OCH3 is 3. The van der Waals surface area contributed by atoms with E-state index in [1.807, 2.05) is 59.5 Å². The van der Waals surface area contributed by atoms with E-state index in [2.05, 4.69) is 4.98 Å². The summed E-state index contributed by atoms with van der Waals surface area (Å²) in [4.78, 5) is 19.4. The third kappa shape index (κ3) is 4.37. The monoisotopic (exact) mass is 432 g/mol. The molecule has 0 fully saturated rings. The number of furan rings is 1. The Morgan fingerprint density at radius 1 is 0.938 bits per heavy atom. The number of rotatable bonds is 9. The highest BCUT2D eigenvalue weighted by atomic mass is 16.5. The van der Waals surface area contributed by atoms with Crippen molar-refractivity contribution in [2.75, 3.05) is 32.8 Å². The summed E-state index contributed by atoms with van der Waals surface area (Å²) in [7, 11) is 4.71. The molecule has 2 aromatic heterocycles. The molecule has 2 heterocycles. The molecule has 0 N–H and O–H groups in total. The lowest BCUT2D eigenvalue weighted by molar-refractivity contribution is 0.0974. The highest BCUT2D eigenvalue weighted by Gasteiger charge is 2.20. The Morgan fingerprint density at radius 2 is 1.66 bits per heavy atom. The number of anilines is 1. The third-order valence-corrected chi connectivity index (χ3v) is 5.11. The summed E-state index contributed by atoms with van der Waals surface area (Å²) >= 11 is 0. The smallest absolute Gasteiger partial charge is 0.217 e. The number of nitrogens with zero attached hydrogens (tertiary/aromatic N) is 2. The van der Waals surface area contributed by atoms with Crippen LogP contribution in [0.5, 0.6) is 17.2 Å². The molecule has 0 unspecified atom stereocenters. The van der Waals surface area contributed by atoms with Crippen LogP contribution in [-0.4, -0.2) is 38.6 Å². The van der Waals surface area contributed by atoms with Gasteiger partial charge in [-0.25, -0.2) is 4.98 Å². The van der Waals surface area contributed by atoms with E-state index in [1.165, 1.54) is 0 Å². The van der Waals surface area contributed by atoms with Gasteiger partial charge in [0.05, 0.1) is 27.9 Å². The lowest BCUT2D eigenvalue weighted by Crippen LogP contribution is -2.30. The maximum Gasteiger partial charge on any atom is 0.217 e. The molecule has 0 aliphatic rings. The molecule has 4 rings (SSSR count). The fourth-order valence-corrected chi connectivity index (χ4v) is 3.58.